The van der Waals surface area contributed by atoms with E-state index in [0.29, 0.717) is 12.0 Å². The van der Waals surface area contributed by atoms with E-state index in [1.807, 2.05) is 0 Å². The van der Waals surface area contributed by atoms with Gasteiger partial charge in [0.15, 0.2) is 11.6 Å². The number of rotatable bonds is 5. The first-order valence-electron chi connectivity index (χ1n) is 6.53. The lowest BCUT2D eigenvalue weighted by Crippen LogP contribution is -2.12. The monoisotopic (exact) mass is 301 g/mol. The van der Waals surface area contributed by atoms with Crippen LogP contribution in [0.2, 0.25) is 0 Å². The molecule has 0 fully saturated rings. The quantitative estimate of drug-likeness (QED) is 0.891. The minimum Gasteiger partial charge on any atom is -0.380 e. The van der Waals surface area contributed by atoms with Gasteiger partial charge in [-0.15, -0.1) is 0 Å². The fourth-order valence-electron chi connectivity index (χ4n) is 2.02. The zero-order valence-electron chi connectivity index (χ0n) is 11.6. The second-order valence-corrected chi connectivity index (χ2v) is 4.67. The van der Waals surface area contributed by atoms with Crippen LogP contribution in [0, 0.1) is 23.0 Å². The second-order valence-electron chi connectivity index (χ2n) is 4.67. The maximum absolute atomic E-state index is 13.7. The molecule has 6 heteroatoms. The Labute approximate surface area is 126 Å². The summed E-state index contributed by atoms with van der Waals surface area (Å²) >= 11 is 0. The van der Waals surface area contributed by atoms with E-state index >= 15 is 0 Å². The molecule has 2 rings (SSSR count). The molecule has 0 saturated carbocycles. The summed E-state index contributed by atoms with van der Waals surface area (Å²) in [6.07, 6.45) is 0.458. The van der Waals surface area contributed by atoms with Crippen LogP contribution >= 0.6 is 0 Å². The smallest absolute Gasteiger partial charge is 0.248 e. The van der Waals surface area contributed by atoms with E-state index in [0.717, 1.165) is 17.7 Å². The Kier molecular flexibility index (Phi) is 4.69. The largest absolute Gasteiger partial charge is 0.380 e. The van der Waals surface area contributed by atoms with Gasteiger partial charge in [0.05, 0.1) is 11.6 Å². The van der Waals surface area contributed by atoms with Crippen LogP contribution in [0.25, 0.3) is 0 Å². The molecule has 112 valence electrons. The van der Waals surface area contributed by atoms with Crippen LogP contribution in [-0.4, -0.2) is 12.5 Å². The summed E-state index contributed by atoms with van der Waals surface area (Å²) in [6.45, 7) is 0.266. The molecule has 0 radical (unpaired) electrons. The minimum atomic E-state index is -0.817. The number of hydrogen-bond acceptors (Lipinski definition) is 3. The summed E-state index contributed by atoms with van der Waals surface area (Å²) in [7, 11) is 0. The summed E-state index contributed by atoms with van der Waals surface area (Å²) in [6, 6.07) is 10.3. The topological polar surface area (TPSA) is 78.9 Å². The van der Waals surface area contributed by atoms with Gasteiger partial charge in [0.1, 0.15) is 5.69 Å². The van der Waals surface area contributed by atoms with E-state index in [9.17, 15) is 13.6 Å². The highest BCUT2D eigenvalue weighted by Gasteiger charge is 2.10. The van der Waals surface area contributed by atoms with Crippen molar-refractivity contribution in [3.8, 4) is 6.07 Å². The van der Waals surface area contributed by atoms with E-state index in [1.165, 1.54) is 0 Å². The van der Waals surface area contributed by atoms with Crippen LogP contribution in [0.1, 0.15) is 21.5 Å². The molecule has 0 aliphatic heterocycles. The molecule has 0 bridgehead atoms. The van der Waals surface area contributed by atoms with Crippen molar-refractivity contribution in [2.45, 2.75) is 6.42 Å². The number of nitrogens with two attached hydrogens (primary N) is 1. The van der Waals surface area contributed by atoms with E-state index < -0.39 is 17.5 Å². The SMILES string of the molecule is N#Cc1cc(F)c(NCCc2cccc(C(N)=O)c2)c(F)c1. The number of nitriles is 1. The van der Waals surface area contributed by atoms with E-state index in [1.54, 1.807) is 30.3 Å². The number of halogens is 2. The molecule has 0 saturated heterocycles. The first-order valence-corrected chi connectivity index (χ1v) is 6.53. The zero-order valence-corrected chi connectivity index (χ0v) is 11.6. The lowest BCUT2D eigenvalue weighted by atomic mass is 10.1. The zero-order chi connectivity index (χ0) is 16.1. The fourth-order valence-corrected chi connectivity index (χ4v) is 2.02. The number of nitrogens with zero attached hydrogens (tertiary/aromatic N) is 1. The second kappa shape index (κ2) is 6.68. The number of carbonyl (C=O) groups excluding carboxylic acids is 1. The van der Waals surface area contributed by atoms with Gasteiger partial charge >= 0.3 is 0 Å². The van der Waals surface area contributed by atoms with Crippen LogP contribution < -0.4 is 11.1 Å². The predicted molar refractivity (Wildman–Crippen MR) is 78.2 cm³/mol. The normalized spacial score (nSPS) is 10.0. The van der Waals surface area contributed by atoms with Crippen molar-refractivity contribution in [3.05, 3.63) is 64.7 Å². The van der Waals surface area contributed by atoms with Crippen molar-refractivity contribution in [1.82, 2.24) is 0 Å². The summed E-state index contributed by atoms with van der Waals surface area (Å²) in [4.78, 5) is 11.1. The molecule has 4 nitrogen and oxygen atoms in total. The average Bonchev–Trinajstić information content (AvgIpc) is 2.50. The van der Waals surface area contributed by atoms with Crippen molar-refractivity contribution in [2.24, 2.45) is 5.73 Å². The number of anilines is 1. The summed E-state index contributed by atoms with van der Waals surface area (Å²) in [5.74, 6) is -2.16. The molecular formula is C16H13F2N3O. The maximum Gasteiger partial charge on any atom is 0.248 e. The first kappa shape index (κ1) is 15.4. The van der Waals surface area contributed by atoms with Gasteiger partial charge in [-0.2, -0.15) is 5.26 Å². The van der Waals surface area contributed by atoms with Gasteiger partial charge in [-0.25, -0.2) is 8.78 Å². The highest BCUT2D eigenvalue weighted by Crippen LogP contribution is 2.20. The van der Waals surface area contributed by atoms with Crippen LogP contribution in [0.3, 0.4) is 0 Å². The van der Waals surface area contributed by atoms with Gasteiger partial charge in [-0.05, 0) is 36.2 Å². The fraction of sp³-hybridized carbons (Fsp3) is 0.125. The van der Waals surface area contributed by atoms with Gasteiger partial charge in [-0.3, -0.25) is 4.79 Å². The average molecular weight is 301 g/mol. The molecule has 0 aliphatic rings. The number of benzene rings is 2. The molecule has 2 aromatic carbocycles. The molecule has 0 aromatic heterocycles. The Hall–Kier alpha value is -2.94. The predicted octanol–water partition coefficient (Wildman–Crippen LogP) is 2.59. The van der Waals surface area contributed by atoms with Crippen LogP contribution in [0.5, 0.6) is 0 Å². The molecule has 0 spiro atoms. The Morgan fingerprint density at radius 1 is 1.23 bits per heavy atom. The summed E-state index contributed by atoms with van der Waals surface area (Å²) in [5, 5.41) is 11.3. The Bertz CT molecular complexity index is 730. The highest BCUT2D eigenvalue weighted by atomic mass is 19.1. The lowest BCUT2D eigenvalue weighted by Gasteiger charge is -2.09. The van der Waals surface area contributed by atoms with E-state index in [4.69, 9.17) is 11.0 Å². The van der Waals surface area contributed by atoms with Crippen molar-refractivity contribution < 1.29 is 13.6 Å². The molecule has 0 unspecified atom stereocenters. The Morgan fingerprint density at radius 2 is 1.91 bits per heavy atom. The molecule has 22 heavy (non-hydrogen) atoms. The summed E-state index contributed by atoms with van der Waals surface area (Å²) in [5.41, 5.74) is 6.04. The molecule has 1 amide bonds. The van der Waals surface area contributed by atoms with Crippen molar-refractivity contribution >= 4 is 11.6 Å². The van der Waals surface area contributed by atoms with Crippen LogP contribution in [0.4, 0.5) is 14.5 Å². The molecule has 0 atom stereocenters. The summed E-state index contributed by atoms with van der Waals surface area (Å²) < 4.78 is 27.4. The van der Waals surface area contributed by atoms with Gasteiger partial charge in [0, 0.05) is 12.1 Å². The van der Waals surface area contributed by atoms with Gasteiger partial charge in [0.2, 0.25) is 5.91 Å². The third-order valence-corrected chi connectivity index (χ3v) is 3.10. The number of nitrogens with one attached hydrogen (secondary N) is 1. The molecule has 2 aromatic rings. The standard InChI is InChI=1S/C16H13F2N3O/c17-13-7-11(9-19)8-14(18)15(13)21-5-4-10-2-1-3-12(6-10)16(20)22/h1-3,6-8,21H,4-5H2,(H2,20,22). The van der Waals surface area contributed by atoms with E-state index in [-0.39, 0.29) is 17.8 Å². The Balaban J connectivity index is 2.04. The third-order valence-electron chi connectivity index (χ3n) is 3.10. The number of carbonyl (C=O) groups is 1. The maximum atomic E-state index is 13.7. The van der Waals surface area contributed by atoms with Gasteiger partial charge in [-0.1, -0.05) is 12.1 Å². The van der Waals surface area contributed by atoms with Crippen LogP contribution in [-0.2, 0) is 6.42 Å². The van der Waals surface area contributed by atoms with Crippen molar-refractivity contribution in [3.63, 3.8) is 0 Å². The van der Waals surface area contributed by atoms with Gasteiger partial charge < -0.3 is 11.1 Å². The molecule has 0 heterocycles. The number of primary amides is 1. The molecule has 0 aliphatic carbocycles. The first-order chi connectivity index (χ1) is 10.5. The molecule has 3 N–H and O–H groups in total. The number of hydrogen-bond donors (Lipinski definition) is 2. The lowest BCUT2D eigenvalue weighted by molar-refractivity contribution is 0.1000. The van der Waals surface area contributed by atoms with Gasteiger partial charge in [0.25, 0.3) is 0 Å². The van der Waals surface area contributed by atoms with Crippen molar-refractivity contribution in [1.29, 1.82) is 5.26 Å². The molecular weight excluding hydrogens is 288 g/mol. The third kappa shape index (κ3) is 3.58. The Morgan fingerprint density at radius 3 is 2.50 bits per heavy atom. The highest BCUT2D eigenvalue weighted by molar-refractivity contribution is 5.92. The minimum absolute atomic E-state index is 0.0743. The van der Waals surface area contributed by atoms with Crippen molar-refractivity contribution in [2.75, 3.05) is 11.9 Å². The van der Waals surface area contributed by atoms with Crippen LogP contribution in [0.15, 0.2) is 36.4 Å². The number of amides is 1. The van der Waals surface area contributed by atoms with E-state index in [2.05, 4.69) is 5.32 Å².